The van der Waals surface area contributed by atoms with Gasteiger partial charge in [-0.2, -0.15) is 0 Å². The van der Waals surface area contributed by atoms with E-state index in [9.17, 15) is 4.79 Å². The van der Waals surface area contributed by atoms with E-state index in [4.69, 9.17) is 5.73 Å². The number of nitrogens with zero attached hydrogens (tertiary/aromatic N) is 1. The number of piperidine rings is 1. The number of hydrogen-bond acceptors (Lipinski definition) is 3. The number of amides is 1. The molecule has 1 fully saturated rings. The fourth-order valence-corrected chi connectivity index (χ4v) is 2.71. The summed E-state index contributed by atoms with van der Waals surface area (Å²) in [4.78, 5) is 14.5. The maximum Gasteiger partial charge on any atom is 0.251 e. The molecule has 0 spiro atoms. The monoisotopic (exact) mass is 325 g/mol. The largest absolute Gasteiger partial charge is 0.398 e. The fourth-order valence-electron chi connectivity index (χ4n) is 2.33. The third-order valence-corrected chi connectivity index (χ3v) is 4.32. The minimum absolute atomic E-state index is 0.0179. The van der Waals surface area contributed by atoms with Crippen molar-refractivity contribution in [2.75, 3.05) is 25.4 Å². The number of likely N-dealkylation sites (tertiary alicyclic amines) is 1. The summed E-state index contributed by atoms with van der Waals surface area (Å²) in [7, 11) is 0. The van der Waals surface area contributed by atoms with Crippen LogP contribution in [0.3, 0.4) is 0 Å². The van der Waals surface area contributed by atoms with E-state index >= 15 is 0 Å². The van der Waals surface area contributed by atoms with Gasteiger partial charge in [0.1, 0.15) is 0 Å². The molecule has 19 heavy (non-hydrogen) atoms. The second-order valence-electron chi connectivity index (χ2n) is 4.92. The molecule has 0 aromatic heterocycles. The van der Waals surface area contributed by atoms with Gasteiger partial charge >= 0.3 is 0 Å². The van der Waals surface area contributed by atoms with Gasteiger partial charge in [0.25, 0.3) is 5.91 Å². The highest BCUT2D eigenvalue weighted by Gasteiger charge is 2.20. The van der Waals surface area contributed by atoms with Crippen LogP contribution in [0.2, 0.25) is 0 Å². The number of nitrogens with two attached hydrogens (primary N) is 1. The molecule has 0 unspecified atom stereocenters. The first-order valence-electron chi connectivity index (χ1n) is 6.68. The number of carbonyl (C=O) groups excluding carboxylic acids is 1. The molecule has 104 valence electrons. The third-order valence-electron chi connectivity index (χ3n) is 3.63. The van der Waals surface area contributed by atoms with Crippen LogP contribution in [0.15, 0.2) is 22.7 Å². The number of anilines is 1. The van der Waals surface area contributed by atoms with Gasteiger partial charge in [0, 0.05) is 34.9 Å². The molecule has 0 bridgehead atoms. The summed E-state index contributed by atoms with van der Waals surface area (Å²) >= 11 is 3.35. The highest BCUT2D eigenvalue weighted by Crippen LogP contribution is 2.20. The highest BCUT2D eigenvalue weighted by atomic mass is 79.9. The average molecular weight is 326 g/mol. The standard InChI is InChI=1S/C14H20BrN3O/c1-2-18-7-5-11(6-8-18)17-14(19)10-3-4-13(16)12(15)9-10/h3-4,9,11H,2,5-8,16H2,1H3,(H,17,19). The zero-order valence-corrected chi connectivity index (χ0v) is 12.7. The molecule has 0 aliphatic carbocycles. The molecule has 5 heteroatoms. The van der Waals surface area contributed by atoms with Crippen molar-refractivity contribution in [2.24, 2.45) is 0 Å². The van der Waals surface area contributed by atoms with Gasteiger partial charge < -0.3 is 16.0 Å². The lowest BCUT2D eigenvalue weighted by atomic mass is 10.0. The van der Waals surface area contributed by atoms with Gasteiger partial charge in [-0.25, -0.2) is 0 Å². The number of carbonyl (C=O) groups is 1. The predicted molar refractivity (Wildman–Crippen MR) is 81.2 cm³/mol. The Morgan fingerprint density at radius 1 is 1.47 bits per heavy atom. The van der Waals surface area contributed by atoms with E-state index in [1.54, 1.807) is 18.2 Å². The second-order valence-corrected chi connectivity index (χ2v) is 5.77. The van der Waals surface area contributed by atoms with Crippen LogP contribution in [-0.2, 0) is 0 Å². The van der Waals surface area contributed by atoms with Crippen molar-refractivity contribution in [3.05, 3.63) is 28.2 Å². The molecule has 4 nitrogen and oxygen atoms in total. The zero-order valence-electron chi connectivity index (χ0n) is 11.2. The van der Waals surface area contributed by atoms with E-state index in [2.05, 4.69) is 33.1 Å². The van der Waals surface area contributed by atoms with Crippen molar-refractivity contribution < 1.29 is 4.79 Å². The smallest absolute Gasteiger partial charge is 0.251 e. The van der Waals surface area contributed by atoms with Crippen molar-refractivity contribution in [3.63, 3.8) is 0 Å². The van der Waals surface area contributed by atoms with E-state index in [1.807, 2.05) is 0 Å². The summed E-state index contributed by atoms with van der Waals surface area (Å²) in [6.45, 7) is 5.39. The molecule has 1 aromatic carbocycles. The van der Waals surface area contributed by atoms with Crippen molar-refractivity contribution in [1.82, 2.24) is 10.2 Å². The predicted octanol–water partition coefficient (Wildman–Crippen LogP) is 2.25. The lowest BCUT2D eigenvalue weighted by molar-refractivity contribution is 0.0912. The van der Waals surface area contributed by atoms with Crippen LogP contribution in [0.25, 0.3) is 0 Å². The van der Waals surface area contributed by atoms with Gasteiger partial charge in [-0.15, -0.1) is 0 Å². The van der Waals surface area contributed by atoms with Crippen molar-refractivity contribution in [1.29, 1.82) is 0 Å². The van der Waals surface area contributed by atoms with Gasteiger partial charge in [0.2, 0.25) is 0 Å². The highest BCUT2D eigenvalue weighted by molar-refractivity contribution is 9.10. The lowest BCUT2D eigenvalue weighted by Gasteiger charge is -2.31. The summed E-state index contributed by atoms with van der Waals surface area (Å²) in [5.74, 6) is -0.0179. The molecule has 1 saturated heterocycles. The third kappa shape index (κ3) is 3.70. The molecule has 2 rings (SSSR count). The molecular weight excluding hydrogens is 306 g/mol. The average Bonchev–Trinajstić information content (AvgIpc) is 2.42. The Labute approximate surface area is 122 Å². The second kappa shape index (κ2) is 6.39. The Morgan fingerprint density at radius 3 is 2.74 bits per heavy atom. The van der Waals surface area contributed by atoms with E-state index in [1.165, 1.54) is 0 Å². The normalized spacial score (nSPS) is 17.4. The van der Waals surface area contributed by atoms with E-state index in [0.717, 1.165) is 36.9 Å². The van der Waals surface area contributed by atoms with Crippen molar-refractivity contribution in [2.45, 2.75) is 25.8 Å². The molecule has 0 atom stereocenters. The number of nitrogens with one attached hydrogen (secondary N) is 1. The molecule has 1 heterocycles. The van der Waals surface area contributed by atoms with Crippen molar-refractivity contribution >= 4 is 27.5 Å². The quantitative estimate of drug-likeness (QED) is 0.838. The molecule has 0 saturated carbocycles. The molecule has 1 amide bonds. The van der Waals surface area contributed by atoms with Gasteiger partial charge in [0.15, 0.2) is 0 Å². The minimum Gasteiger partial charge on any atom is -0.398 e. The Morgan fingerprint density at radius 2 is 2.16 bits per heavy atom. The van der Waals surface area contributed by atoms with Crippen LogP contribution in [0.4, 0.5) is 5.69 Å². The first-order valence-corrected chi connectivity index (χ1v) is 7.47. The summed E-state index contributed by atoms with van der Waals surface area (Å²) in [5, 5.41) is 3.10. The molecule has 3 N–H and O–H groups in total. The fraction of sp³-hybridized carbons (Fsp3) is 0.500. The van der Waals surface area contributed by atoms with Crippen LogP contribution in [-0.4, -0.2) is 36.5 Å². The Hall–Kier alpha value is -1.07. The molecule has 1 aliphatic rings. The van der Waals surface area contributed by atoms with Crippen LogP contribution < -0.4 is 11.1 Å². The maximum atomic E-state index is 12.1. The molecule has 0 radical (unpaired) electrons. The summed E-state index contributed by atoms with van der Waals surface area (Å²) < 4.78 is 0.765. The van der Waals surface area contributed by atoms with Gasteiger partial charge in [-0.05, 0) is 53.5 Å². The number of benzene rings is 1. The van der Waals surface area contributed by atoms with E-state index in [0.29, 0.717) is 11.3 Å². The summed E-state index contributed by atoms with van der Waals surface area (Å²) in [5.41, 5.74) is 7.02. The van der Waals surface area contributed by atoms with Gasteiger partial charge in [-0.1, -0.05) is 6.92 Å². The molecule has 1 aromatic rings. The summed E-state index contributed by atoms with van der Waals surface area (Å²) in [6.07, 6.45) is 2.05. The van der Waals surface area contributed by atoms with Crippen molar-refractivity contribution in [3.8, 4) is 0 Å². The van der Waals surface area contributed by atoms with E-state index in [-0.39, 0.29) is 11.9 Å². The number of hydrogen-bond donors (Lipinski definition) is 2. The van der Waals surface area contributed by atoms with Crippen LogP contribution in [0, 0.1) is 0 Å². The van der Waals surface area contributed by atoms with Crippen LogP contribution in [0.1, 0.15) is 30.1 Å². The van der Waals surface area contributed by atoms with Crippen LogP contribution in [0.5, 0.6) is 0 Å². The van der Waals surface area contributed by atoms with Gasteiger partial charge in [-0.3, -0.25) is 4.79 Å². The number of halogens is 1. The topological polar surface area (TPSA) is 58.4 Å². The summed E-state index contributed by atoms with van der Waals surface area (Å²) in [6, 6.07) is 5.56. The molecule has 1 aliphatic heterocycles. The maximum absolute atomic E-state index is 12.1. The van der Waals surface area contributed by atoms with Crippen LogP contribution >= 0.6 is 15.9 Å². The zero-order chi connectivity index (χ0) is 13.8. The first-order chi connectivity index (χ1) is 9.10. The Bertz CT molecular complexity index is 456. The minimum atomic E-state index is -0.0179. The SMILES string of the molecule is CCN1CCC(NC(=O)c2ccc(N)c(Br)c2)CC1. The number of rotatable bonds is 3. The first kappa shape index (κ1) is 14.3. The number of nitrogen functional groups attached to an aromatic ring is 1. The van der Waals surface area contributed by atoms with Gasteiger partial charge in [0.05, 0.1) is 0 Å². The lowest BCUT2D eigenvalue weighted by Crippen LogP contribution is -2.44. The van der Waals surface area contributed by atoms with E-state index < -0.39 is 0 Å². The Balaban J connectivity index is 1.92. The molecular formula is C14H20BrN3O. The Kier molecular flexibility index (Phi) is 4.82.